The Morgan fingerprint density at radius 1 is 1.12 bits per heavy atom. The lowest BCUT2D eigenvalue weighted by molar-refractivity contribution is 0.103. The lowest BCUT2D eigenvalue weighted by Gasteiger charge is -2.11. The number of hydrogen-bond donors (Lipinski definition) is 3. The Hall–Kier alpha value is -2.52. The molecule has 0 saturated carbocycles. The van der Waals surface area contributed by atoms with Crippen LogP contribution in [0.1, 0.15) is 25.8 Å². The van der Waals surface area contributed by atoms with Gasteiger partial charge in [0.05, 0.1) is 11.9 Å². The van der Waals surface area contributed by atoms with Gasteiger partial charge in [0.1, 0.15) is 15.6 Å². The summed E-state index contributed by atoms with van der Waals surface area (Å²) in [5.41, 5.74) is 2.13. The highest BCUT2D eigenvalue weighted by Gasteiger charge is 2.15. The van der Waals surface area contributed by atoms with Crippen LogP contribution in [0.5, 0.6) is 5.75 Å². The second-order valence-electron chi connectivity index (χ2n) is 5.14. The molecule has 0 bridgehead atoms. The maximum atomic E-state index is 12.4. The van der Waals surface area contributed by atoms with E-state index in [2.05, 4.69) is 25.8 Å². The van der Waals surface area contributed by atoms with E-state index < -0.39 is 0 Å². The number of rotatable bonds is 4. The van der Waals surface area contributed by atoms with Gasteiger partial charge in [-0.05, 0) is 32.4 Å². The minimum absolute atomic E-state index is 0.147. The predicted octanol–water partition coefficient (Wildman–Crippen LogP) is 3.62. The Bertz CT molecular complexity index is 903. The van der Waals surface area contributed by atoms with Crippen LogP contribution in [-0.4, -0.2) is 26.2 Å². The van der Waals surface area contributed by atoms with Gasteiger partial charge >= 0.3 is 0 Å². The van der Waals surface area contributed by atoms with Gasteiger partial charge in [0.15, 0.2) is 5.13 Å². The third-order valence-electron chi connectivity index (χ3n) is 3.35. The number of hydrogen-bond acceptors (Lipinski definition) is 8. The largest absolute Gasteiger partial charge is 0.508 e. The van der Waals surface area contributed by atoms with Crippen LogP contribution in [-0.2, 0) is 0 Å². The Balaban J connectivity index is 1.76. The third-order valence-corrected chi connectivity index (χ3v) is 5.02. The summed E-state index contributed by atoms with van der Waals surface area (Å²) in [5, 5.41) is 25.6. The molecule has 0 aliphatic carbocycles. The van der Waals surface area contributed by atoms with Gasteiger partial charge in [0, 0.05) is 5.56 Å². The molecule has 0 aliphatic heterocycles. The van der Waals surface area contributed by atoms with Gasteiger partial charge in [-0.15, -0.1) is 10.2 Å². The highest BCUT2D eigenvalue weighted by atomic mass is 32.1. The normalized spacial score (nSPS) is 10.6. The molecule has 0 aliphatic rings. The summed E-state index contributed by atoms with van der Waals surface area (Å²) in [7, 11) is 0. The van der Waals surface area contributed by atoms with E-state index in [0.717, 1.165) is 10.6 Å². The maximum absolute atomic E-state index is 12.4. The van der Waals surface area contributed by atoms with E-state index in [-0.39, 0.29) is 11.7 Å². The van der Waals surface area contributed by atoms with Crippen molar-refractivity contribution in [2.45, 2.75) is 20.8 Å². The number of aryl methyl sites for hydroxylation is 2. The molecule has 9 heteroatoms. The molecule has 24 heavy (non-hydrogen) atoms. The zero-order valence-corrected chi connectivity index (χ0v) is 14.9. The van der Waals surface area contributed by atoms with Crippen LogP contribution >= 0.6 is 22.7 Å². The highest BCUT2D eigenvalue weighted by molar-refractivity contribution is 7.18. The average molecular weight is 361 g/mol. The fourth-order valence-corrected chi connectivity index (χ4v) is 3.44. The first kappa shape index (κ1) is 16.3. The van der Waals surface area contributed by atoms with Gasteiger partial charge in [0.25, 0.3) is 5.91 Å². The van der Waals surface area contributed by atoms with Crippen LogP contribution < -0.4 is 10.6 Å². The summed E-state index contributed by atoms with van der Waals surface area (Å²) in [6.45, 7) is 5.50. The number of carbonyl (C=O) groups excluding carboxylic acids is 1. The van der Waals surface area contributed by atoms with Gasteiger partial charge in [-0.1, -0.05) is 28.7 Å². The number of phenols is 1. The van der Waals surface area contributed by atoms with E-state index in [9.17, 15) is 9.90 Å². The van der Waals surface area contributed by atoms with Crippen LogP contribution in [0.4, 0.5) is 16.0 Å². The van der Waals surface area contributed by atoms with Crippen LogP contribution in [0.2, 0.25) is 0 Å². The van der Waals surface area contributed by atoms with Crippen molar-refractivity contribution < 1.29 is 9.90 Å². The van der Waals surface area contributed by atoms with E-state index in [1.807, 2.05) is 13.8 Å². The number of amides is 1. The van der Waals surface area contributed by atoms with Crippen molar-refractivity contribution in [1.82, 2.24) is 15.2 Å². The molecule has 0 radical (unpaired) electrons. The molecule has 1 aromatic carbocycles. The van der Waals surface area contributed by atoms with Crippen LogP contribution in [0.25, 0.3) is 0 Å². The smallest absolute Gasteiger partial charge is 0.267 e. The summed E-state index contributed by atoms with van der Waals surface area (Å²) in [4.78, 5) is 17.1. The zero-order valence-electron chi connectivity index (χ0n) is 13.2. The van der Waals surface area contributed by atoms with E-state index in [1.165, 1.54) is 28.9 Å². The lowest BCUT2D eigenvalue weighted by Crippen LogP contribution is -2.12. The van der Waals surface area contributed by atoms with Gasteiger partial charge in [-0.2, -0.15) is 0 Å². The van der Waals surface area contributed by atoms with Crippen molar-refractivity contribution in [3.05, 3.63) is 39.3 Å². The van der Waals surface area contributed by atoms with Crippen molar-refractivity contribution >= 4 is 44.5 Å². The number of nitrogens with zero attached hydrogens (tertiary/aromatic N) is 3. The van der Waals surface area contributed by atoms with Crippen LogP contribution in [0.15, 0.2) is 18.3 Å². The van der Waals surface area contributed by atoms with Crippen LogP contribution in [0.3, 0.4) is 0 Å². The Labute approximate surface area is 146 Å². The molecule has 0 saturated heterocycles. The molecular formula is C15H15N5O2S2. The van der Waals surface area contributed by atoms with Crippen molar-refractivity contribution in [2.75, 3.05) is 10.6 Å². The van der Waals surface area contributed by atoms with Crippen molar-refractivity contribution in [3.8, 4) is 5.75 Å². The second-order valence-corrected chi connectivity index (χ2v) is 7.35. The summed E-state index contributed by atoms with van der Waals surface area (Å²) in [5.74, 6) is -0.125. The zero-order chi connectivity index (χ0) is 17.3. The first-order chi connectivity index (χ1) is 11.4. The fraction of sp³-hybridized carbons (Fsp3) is 0.200. The SMILES string of the molecule is Cc1nnc(Nc2ncc(C(=O)Nc3c(C)ccc(O)c3C)s2)s1. The topological polar surface area (TPSA) is 100 Å². The summed E-state index contributed by atoms with van der Waals surface area (Å²) < 4.78 is 0. The first-order valence-corrected chi connectivity index (χ1v) is 8.71. The molecule has 0 atom stereocenters. The van der Waals surface area contributed by atoms with E-state index >= 15 is 0 Å². The Morgan fingerprint density at radius 2 is 1.92 bits per heavy atom. The second kappa shape index (κ2) is 6.54. The third kappa shape index (κ3) is 3.36. The lowest BCUT2D eigenvalue weighted by atomic mass is 10.1. The number of phenolic OH excluding ortho intramolecular Hbond substituents is 1. The van der Waals surface area contributed by atoms with Crippen molar-refractivity contribution in [2.24, 2.45) is 0 Å². The van der Waals surface area contributed by atoms with E-state index in [0.29, 0.717) is 26.4 Å². The van der Waals surface area contributed by atoms with Crippen molar-refractivity contribution in [3.63, 3.8) is 0 Å². The number of nitrogens with one attached hydrogen (secondary N) is 2. The van der Waals surface area contributed by atoms with Crippen molar-refractivity contribution in [1.29, 1.82) is 0 Å². The van der Waals surface area contributed by atoms with E-state index in [1.54, 1.807) is 19.1 Å². The number of thiazole rings is 1. The highest BCUT2D eigenvalue weighted by Crippen LogP contribution is 2.30. The maximum Gasteiger partial charge on any atom is 0.267 e. The monoisotopic (exact) mass is 361 g/mol. The minimum atomic E-state index is -0.272. The van der Waals surface area contributed by atoms with E-state index in [4.69, 9.17) is 0 Å². The molecule has 1 amide bonds. The molecule has 3 rings (SSSR count). The molecule has 0 spiro atoms. The number of carbonyl (C=O) groups is 1. The Kier molecular flexibility index (Phi) is 4.45. The molecule has 0 fully saturated rings. The molecule has 2 aromatic heterocycles. The van der Waals surface area contributed by atoms with Gasteiger partial charge in [-0.25, -0.2) is 4.98 Å². The predicted molar refractivity (Wildman–Crippen MR) is 95.6 cm³/mol. The molecule has 3 aromatic rings. The molecule has 124 valence electrons. The summed E-state index contributed by atoms with van der Waals surface area (Å²) in [6, 6.07) is 3.37. The quantitative estimate of drug-likeness (QED) is 0.656. The van der Waals surface area contributed by atoms with Crippen LogP contribution in [0, 0.1) is 20.8 Å². The molecular weight excluding hydrogens is 346 g/mol. The Morgan fingerprint density at radius 3 is 2.62 bits per heavy atom. The molecule has 3 N–H and O–H groups in total. The van der Waals surface area contributed by atoms with Gasteiger partial charge in [-0.3, -0.25) is 4.79 Å². The molecule has 2 heterocycles. The number of aromatic hydroxyl groups is 1. The summed E-state index contributed by atoms with van der Waals surface area (Å²) >= 11 is 2.64. The van der Waals surface area contributed by atoms with Gasteiger partial charge in [0.2, 0.25) is 5.13 Å². The minimum Gasteiger partial charge on any atom is -0.508 e. The summed E-state index contributed by atoms with van der Waals surface area (Å²) in [6.07, 6.45) is 1.50. The average Bonchev–Trinajstić information content (AvgIpc) is 3.17. The fourth-order valence-electron chi connectivity index (χ4n) is 2.08. The number of benzene rings is 1. The molecule has 7 nitrogen and oxygen atoms in total. The molecule has 0 unspecified atom stereocenters. The number of aromatic nitrogens is 3. The number of anilines is 3. The standard InChI is InChI=1S/C15H15N5O2S2/c1-7-4-5-10(21)8(2)12(7)17-13(22)11-6-16-14(24-11)18-15-20-19-9(3)23-15/h4-6,21H,1-3H3,(H,17,22)(H,16,18,20). The van der Waals surface area contributed by atoms with Gasteiger partial charge < -0.3 is 15.7 Å². The first-order valence-electron chi connectivity index (χ1n) is 7.07.